The first kappa shape index (κ1) is 16.8. The molecule has 0 saturated heterocycles. The molecule has 0 unspecified atom stereocenters. The summed E-state index contributed by atoms with van der Waals surface area (Å²) >= 11 is 11.7. The van der Waals surface area contributed by atoms with Gasteiger partial charge in [0.15, 0.2) is 0 Å². The predicted octanol–water partition coefficient (Wildman–Crippen LogP) is 2.91. The smallest absolute Gasteiger partial charge is 0.241 e. The molecule has 2 N–H and O–H groups in total. The molecule has 0 aliphatic heterocycles. The van der Waals surface area contributed by atoms with E-state index in [0.29, 0.717) is 15.7 Å². The number of sulfonamides is 1. The number of nitrogens with one attached hydrogen (secondary N) is 2. The number of carbonyl (C=O) groups excluding carboxylic acids is 1. The highest BCUT2D eigenvalue weighted by molar-refractivity contribution is 7.89. The molecule has 0 fully saturated rings. The summed E-state index contributed by atoms with van der Waals surface area (Å²) < 4.78 is 26.3. The van der Waals surface area contributed by atoms with Gasteiger partial charge in [0, 0.05) is 5.02 Å². The van der Waals surface area contributed by atoms with Crippen LogP contribution in [0.3, 0.4) is 0 Å². The molecule has 0 spiro atoms. The number of hydrogen-bond donors (Lipinski definition) is 2. The Labute approximate surface area is 138 Å². The highest BCUT2D eigenvalue weighted by Crippen LogP contribution is 2.20. The molecule has 1 amide bonds. The summed E-state index contributed by atoms with van der Waals surface area (Å²) in [5, 5.41) is 3.19. The van der Waals surface area contributed by atoms with Gasteiger partial charge in [0.25, 0.3) is 0 Å². The monoisotopic (exact) mass is 358 g/mol. The molecule has 2 rings (SSSR count). The molecule has 0 saturated carbocycles. The van der Waals surface area contributed by atoms with Gasteiger partial charge >= 0.3 is 0 Å². The molecule has 0 atom stereocenters. The van der Waals surface area contributed by atoms with Crippen molar-refractivity contribution in [1.82, 2.24) is 4.72 Å². The second kappa shape index (κ2) is 7.11. The van der Waals surface area contributed by atoms with Crippen molar-refractivity contribution in [2.45, 2.75) is 4.90 Å². The summed E-state index contributed by atoms with van der Waals surface area (Å²) in [6, 6.07) is 12.4. The van der Waals surface area contributed by atoms with Gasteiger partial charge in [0.2, 0.25) is 15.9 Å². The molecule has 5 nitrogen and oxygen atoms in total. The van der Waals surface area contributed by atoms with E-state index in [-0.39, 0.29) is 4.90 Å². The lowest BCUT2D eigenvalue weighted by atomic mass is 10.3. The van der Waals surface area contributed by atoms with E-state index in [4.69, 9.17) is 23.2 Å². The summed E-state index contributed by atoms with van der Waals surface area (Å²) in [5.74, 6) is -0.529. The maximum Gasteiger partial charge on any atom is 0.241 e. The Hall–Kier alpha value is -1.60. The molecular formula is C14H12Cl2N2O3S. The van der Waals surface area contributed by atoms with Crippen molar-refractivity contribution in [3.63, 3.8) is 0 Å². The standard InChI is InChI=1S/C14H12Cl2N2O3S/c15-10-4-3-5-11(8-10)22(20,21)17-9-14(19)18-13-7-2-1-6-12(13)16/h1-8,17H,9H2,(H,18,19). The van der Waals surface area contributed by atoms with Crippen LogP contribution in [-0.4, -0.2) is 20.9 Å². The number of benzene rings is 2. The van der Waals surface area contributed by atoms with Crippen molar-refractivity contribution in [2.75, 3.05) is 11.9 Å². The van der Waals surface area contributed by atoms with E-state index in [9.17, 15) is 13.2 Å². The van der Waals surface area contributed by atoms with Crippen LogP contribution in [0.1, 0.15) is 0 Å². The average Bonchev–Trinajstić information content (AvgIpc) is 2.48. The first-order valence-electron chi connectivity index (χ1n) is 6.18. The Kier molecular flexibility index (Phi) is 5.42. The fourth-order valence-corrected chi connectivity index (χ4v) is 3.10. The van der Waals surface area contributed by atoms with Gasteiger partial charge in [0.05, 0.1) is 22.2 Å². The average molecular weight is 359 g/mol. The number of hydrogen-bond acceptors (Lipinski definition) is 3. The fraction of sp³-hybridized carbons (Fsp3) is 0.0714. The molecule has 116 valence electrons. The van der Waals surface area contributed by atoms with Crippen LogP contribution in [-0.2, 0) is 14.8 Å². The third-order valence-corrected chi connectivity index (χ3v) is 4.64. The maximum atomic E-state index is 12.0. The Morgan fingerprint density at radius 1 is 1.05 bits per heavy atom. The lowest BCUT2D eigenvalue weighted by molar-refractivity contribution is -0.115. The predicted molar refractivity (Wildman–Crippen MR) is 86.7 cm³/mol. The zero-order chi connectivity index (χ0) is 16.2. The Bertz CT molecular complexity index is 794. The van der Waals surface area contributed by atoms with E-state index >= 15 is 0 Å². The van der Waals surface area contributed by atoms with Gasteiger partial charge < -0.3 is 5.32 Å². The van der Waals surface area contributed by atoms with Crippen LogP contribution in [0.25, 0.3) is 0 Å². The summed E-state index contributed by atoms with van der Waals surface area (Å²) in [7, 11) is -3.81. The number of halogens is 2. The van der Waals surface area contributed by atoms with Gasteiger partial charge in [-0.05, 0) is 30.3 Å². The van der Waals surface area contributed by atoms with Crippen molar-refractivity contribution in [2.24, 2.45) is 0 Å². The van der Waals surface area contributed by atoms with Crippen molar-refractivity contribution in [1.29, 1.82) is 0 Å². The lowest BCUT2D eigenvalue weighted by Crippen LogP contribution is -2.32. The highest BCUT2D eigenvalue weighted by atomic mass is 35.5. The molecule has 8 heteroatoms. The summed E-state index contributed by atoms with van der Waals surface area (Å²) in [6.45, 7) is -0.417. The van der Waals surface area contributed by atoms with Gasteiger partial charge in [-0.2, -0.15) is 0 Å². The zero-order valence-electron chi connectivity index (χ0n) is 11.2. The molecule has 0 bridgehead atoms. The number of carbonyl (C=O) groups is 1. The van der Waals surface area contributed by atoms with E-state index in [1.54, 1.807) is 30.3 Å². The summed E-state index contributed by atoms with van der Waals surface area (Å²) in [6.07, 6.45) is 0. The topological polar surface area (TPSA) is 75.3 Å². The second-order valence-corrected chi connectivity index (χ2v) is 6.92. The van der Waals surface area contributed by atoms with Gasteiger partial charge in [-0.25, -0.2) is 13.1 Å². The molecule has 22 heavy (non-hydrogen) atoms. The summed E-state index contributed by atoms with van der Waals surface area (Å²) in [4.78, 5) is 11.8. The first-order chi connectivity index (χ1) is 10.4. The van der Waals surface area contributed by atoms with Crippen molar-refractivity contribution < 1.29 is 13.2 Å². The summed E-state index contributed by atoms with van der Waals surface area (Å²) in [5.41, 5.74) is 0.413. The minimum atomic E-state index is -3.81. The molecule has 0 aliphatic rings. The molecular weight excluding hydrogens is 347 g/mol. The largest absolute Gasteiger partial charge is 0.324 e. The quantitative estimate of drug-likeness (QED) is 0.862. The van der Waals surface area contributed by atoms with Crippen molar-refractivity contribution >= 4 is 44.8 Å². The van der Waals surface area contributed by atoms with Crippen LogP contribution < -0.4 is 10.0 Å². The van der Waals surface area contributed by atoms with Crippen LogP contribution in [0.4, 0.5) is 5.69 Å². The SMILES string of the molecule is O=C(CNS(=O)(=O)c1cccc(Cl)c1)Nc1ccccc1Cl. The van der Waals surface area contributed by atoms with Crippen molar-refractivity contribution in [3.05, 3.63) is 58.6 Å². The van der Waals surface area contributed by atoms with Gasteiger partial charge in [-0.3, -0.25) is 4.79 Å². The normalized spacial score (nSPS) is 11.2. The van der Waals surface area contributed by atoms with Crippen molar-refractivity contribution in [3.8, 4) is 0 Å². The van der Waals surface area contributed by atoms with Gasteiger partial charge in [-0.15, -0.1) is 0 Å². The molecule has 0 aliphatic carbocycles. The lowest BCUT2D eigenvalue weighted by Gasteiger charge is -2.09. The molecule has 0 aromatic heterocycles. The zero-order valence-corrected chi connectivity index (χ0v) is 13.5. The number of anilines is 1. The Morgan fingerprint density at radius 2 is 1.77 bits per heavy atom. The van der Waals surface area contributed by atoms with E-state index in [1.807, 2.05) is 0 Å². The number of para-hydroxylation sites is 1. The Morgan fingerprint density at radius 3 is 2.45 bits per heavy atom. The molecule has 0 radical (unpaired) electrons. The minimum Gasteiger partial charge on any atom is -0.324 e. The van der Waals surface area contributed by atoms with Crippen LogP contribution in [0.15, 0.2) is 53.4 Å². The molecule has 0 heterocycles. The Balaban J connectivity index is 2.00. The third-order valence-electron chi connectivity index (χ3n) is 2.68. The van der Waals surface area contributed by atoms with E-state index < -0.39 is 22.5 Å². The van der Waals surface area contributed by atoms with E-state index in [2.05, 4.69) is 10.0 Å². The highest BCUT2D eigenvalue weighted by Gasteiger charge is 2.16. The van der Waals surface area contributed by atoms with Gasteiger partial charge in [-0.1, -0.05) is 41.4 Å². The molecule has 2 aromatic rings. The number of amides is 1. The van der Waals surface area contributed by atoms with Crippen LogP contribution in [0, 0.1) is 0 Å². The van der Waals surface area contributed by atoms with Crippen LogP contribution >= 0.6 is 23.2 Å². The maximum absolute atomic E-state index is 12.0. The number of rotatable bonds is 5. The third kappa shape index (κ3) is 4.45. The van der Waals surface area contributed by atoms with Crippen LogP contribution in [0.5, 0.6) is 0 Å². The van der Waals surface area contributed by atoms with Gasteiger partial charge in [0.1, 0.15) is 0 Å². The van der Waals surface area contributed by atoms with E-state index in [0.717, 1.165) is 0 Å². The first-order valence-corrected chi connectivity index (χ1v) is 8.42. The fourth-order valence-electron chi connectivity index (χ4n) is 1.64. The molecule has 2 aromatic carbocycles. The van der Waals surface area contributed by atoms with E-state index in [1.165, 1.54) is 18.2 Å². The minimum absolute atomic E-state index is 0.00876. The van der Waals surface area contributed by atoms with Crippen LogP contribution in [0.2, 0.25) is 10.0 Å². The second-order valence-electron chi connectivity index (χ2n) is 4.31.